The van der Waals surface area contributed by atoms with Crippen molar-refractivity contribution in [2.24, 2.45) is 0 Å². The van der Waals surface area contributed by atoms with Gasteiger partial charge in [0.2, 0.25) is 5.95 Å². The zero-order valence-corrected chi connectivity index (χ0v) is 14.3. The molecule has 1 unspecified atom stereocenters. The highest BCUT2D eigenvalue weighted by atomic mass is 16.5. The fraction of sp³-hybridized carbons (Fsp3) is 0.444. The number of hydrogen-bond acceptors (Lipinski definition) is 5. The fourth-order valence-corrected chi connectivity index (χ4v) is 2.02. The molecule has 1 atom stereocenters. The standard InChI is InChI=1S/C18H25N3O2/c1-14-10-19-17(21-15(14)2)20-12-18(3,22-4)13-23-11-16-8-6-5-7-9-16/h5-10H,11-13H2,1-4H3,(H,19,20,21). The Hall–Kier alpha value is -1.98. The van der Waals surface area contributed by atoms with Crippen LogP contribution in [-0.4, -0.2) is 35.8 Å². The van der Waals surface area contributed by atoms with E-state index in [1.807, 2.05) is 57.3 Å². The minimum atomic E-state index is -0.447. The second kappa shape index (κ2) is 8.04. The van der Waals surface area contributed by atoms with Crippen LogP contribution in [0.3, 0.4) is 0 Å². The highest BCUT2D eigenvalue weighted by Crippen LogP contribution is 2.13. The van der Waals surface area contributed by atoms with Crippen LogP contribution in [0, 0.1) is 13.8 Å². The van der Waals surface area contributed by atoms with E-state index in [1.165, 1.54) is 0 Å². The van der Waals surface area contributed by atoms with E-state index in [0.717, 1.165) is 16.8 Å². The smallest absolute Gasteiger partial charge is 0.222 e. The van der Waals surface area contributed by atoms with Gasteiger partial charge < -0.3 is 14.8 Å². The Balaban J connectivity index is 1.85. The highest BCUT2D eigenvalue weighted by Gasteiger charge is 2.24. The number of aryl methyl sites for hydroxylation is 2. The van der Waals surface area contributed by atoms with Crippen LogP contribution in [0.5, 0.6) is 0 Å². The third kappa shape index (κ3) is 5.30. The highest BCUT2D eigenvalue weighted by molar-refractivity contribution is 5.29. The van der Waals surface area contributed by atoms with Gasteiger partial charge in [0.05, 0.1) is 13.2 Å². The Morgan fingerprint density at radius 2 is 1.91 bits per heavy atom. The van der Waals surface area contributed by atoms with Crippen LogP contribution in [0.2, 0.25) is 0 Å². The molecule has 0 amide bonds. The molecule has 0 saturated heterocycles. The Morgan fingerprint density at radius 1 is 1.17 bits per heavy atom. The normalized spacial score (nSPS) is 13.6. The van der Waals surface area contributed by atoms with E-state index in [0.29, 0.717) is 25.7 Å². The zero-order chi connectivity index (χ0) is 16.7. The first-order valence-electron chi connectivity index (χ1n) is 7.73. The van der Waals surface area contributed by atoms with E-state index >= 15 is 0 Å². The molecule has 124 valence electrons. The summed E-state index contributed by atoms with van der Waals surface area (Å²) >= 11 is 0. The predicted molar refractivity (Wildman–Crippen MR) is 91.5 cm³/mol. The number of benzene rings is 1. The van der Waals surface area contributed by atoms with Crippen molar-refractivity contribution in [2.75, 3.05) is 25.6 Å². The average Bonchev–Trinajstić information content (AvgIpc) is 2.57. The van der Waals surface area contributed by atoms with Gasteiger partial charge in [-0.3, -0.25) is 0 Å². The molecule has 2 rings (SSSR count). The third-order valence-corrected chi connectivity index (χ3v) is 3.86. The third-order valence-electron chi connectivity index (χ3n) is 3.86. The molecule has 23 heavy (non-hydrogen) atoms. The van der Waals surface area contributed by atoms with Gasteiger partial charge in [-0.2, -0.15) is 0 Å². The number of methoxy groups -OCH3 is 1. The molecule has 0 aliphatic rings. The van der Waals surface area contributed by atoms with Crippen molar-refractivity contribution in [3.8, 4) is 0 Å². The molecule has 0 radical (unpaired) electrons. The number of hydrogen-bond donors (Lipinski definition) is 1. The lowest BCUT2D eigenvalue weighted by Crippen LogP contribution is -2.40. The maximum atomic E-state index is 5.80. The molecule has 0 bridgehead atoms. The Kier molecular flexibility index (Phi) is 6.07. The minimum Gasteiger partial charge on any atom is -0.374 e. The van der Waals surface area contributed by atoms with Gasteiger partial charge in [0.15, 0.2) is 0 Å². The van der Waals surface area contributed by atoms with Gasteiger partial charge in [-0.05, 0) is 31.9 Å². The molecule has 1 aromatic heterocycles. The zero-order valence-electron chi connectivity index (χ0n) is 14.3. The number of ether oxygens (including phenoxy) is 2. The molecular weight excluding hydrogens is 290 g/mol. The van der Waals surface area contributed by atoms with Crippen LogP contribution in [0.15, 0.2) is 36.5 Å². The van der Waals surface area contributed by atoms with Gasteiger partial charge in [0, 0.05) is 25.5 Å². The van der Waals surface area contributed by atoms with E-state index in [9.17, 15) is 0 Å². The molecule has 0 fully saturated rings. The summed E-state index contributed by atoms with van der Waals surface area (Å²) in [4.78, 5) is 8.71. The SMILES string of the molecule is COC(C)(CNc1ncc(C)c(C)n1)COCc1ccccc1. The maximum Gasteiger partial charge on any atom is 0.222 e. The summed E-state index contributed by atoms with van der Waals surface area (Å²) in [5.41, 5.74) is 2.76. The lowest BCUT2D eigenvalue weighted by molar-refractivity contribution is -0.0589. The van der Waals surface area contributed by atoms with Gasteiger partial charge in [-0.25, -0.2) is 9.97 Å². The molecule has 1 heterocycles. The molecule has 0 saturated carbocycles. The fourth-order valence-electron chi connectivity index (χ4n) is 2.02. The van der Waals surface area contributed by atoms with Crippen molar-refractivity contribution in [2.45, 2.75) is 33.0 Å². The summed E-state index contributed by atoms with van der Waals surface area (Å²) in [6, 6.07) is 10.1. The van der Waals surface area contributed by atoms with E-state index in [2.05, 4.69) is 15.3 Å². The van der Waals surface area contributed by atoms with Crippen LogP contribution in [0.25, 0.3) is 0 Å². The Morgan fingerprint density at radius 3 is 2.57 bits per heavy atom. The predicted octanol–water partition coefficient (Wildman–Crippen LogP) is 3.13. The van der Waals surface area contributed by atoms with Crippen LogP contribution >= 0.6 is 0 Å². The number of nitrogens with one attached hydrogen (secondary N) is 1. The maximum absolute atomic E-state index is 5.80. The van der Waals surface area contributed by atoms with Crippen molar-refractivity contribution in [3.63, 3.8) is 0 Å². The second-order valence-electron chi connectivity index (χ2n) is 5.95. The molecule has 0 spiro atoms. The van der Waals surface area contributed by atoms with Crippen LogP contribution < -0.4 is 5.32 Å². The molecule has 2 aromatic rings. The first-order valence-corrected chi connectivity index (χ1v) is 7.73. The summed E-state index contributed by atoms with van der Waals surface area (Å²) in [6.07, 6.45) is 1.82. The Labute approximate surface area is 138 Å². The molecule has 0 aliphatic carbocycles. The number of aromatic nitrogens is 2. The van der Waals surface area contributed by atoms with Gasteiger partial charge in [0.25, 0.3) is 0 Å². The summed E-state index contributed by atoms with van der Waals surface area (Å²) in [5, 5.41) is 3.23. The van der Waals surface area contributed by atoms with E-state index in [-0.39, 0.29) is 0 Å². The summed E-state index contributed by atoms with van der Waals surface area (Å²) in [7, 11) is 1.69. The molecule has 5 nitrogen and oxygen atoms in total. The number of nitrogens with zero attached hydrogens (tertiary/aromatic N) is 2. The average molecular weight is 315 g/mol. The van der Waals surface area contributed by atoms with Gasteiger partial charge in [0.1, 0.15) is 5.60 Å². The van der Waals surface area contributed by atoms with Crippen molar-refractivity contribution in [1.29, 1.82) is 0 Å². The lowest BCUT2D eigenvalue weighted by atomic mass is 10.1. The van der Waals surface area contributed by atoms with Gasteiger partial charge in [-0.15, -0.1) is 0 Å². The lowest BCUT2D eigenvalue weighted by Gasteiger charge is -2.28. The van der Waals surface area contributed by atoms with Crippen LogP contribution in [0.4, 0.5) is 5.95 Å². The van der Waals surface area contributed by atoms with Crippen molar-refractivity contribution >= 4 is 5.95 Å². The van der Waals surface area contributed by atoms with Crippen LogP contribution in [0.1, 0.15) is 23.7 Å². The summed E-state index contributed by atoms with van der Waals surface area (Å²) in [5.74, 6) is 0.611. The monoisotopic (exact) mass is 315 g/mol. The van der Waals surface area contributed by atoms with E-state index < -0.39 is 5.60 Å². The first kappa shape index (κ1) is 17.4. The molecule has 5 heteroatoms. The van der Waals surface area contributed by atoms with Gasteiger partial charge in [-0.1, -0.05) is 30.3 Å². The van der Waals surface area contributed by atoms with E-state index in [1.54, 1.807) is 7.11 Å². The van der Waals surface area contributed by atoms with Crippen molar-refractivity contribution < 1.29 is 9.47 Å². The van der Waals surface area contributed by atoms with Gasteiger partial charge >= 0.3 is 0 Å². The summed E-state index contributed by atoms with van der Waals surface area (Å²) < 4.78 is 11.4. The van der Waals surface area contributed by atoms with E-state index in [4.69, 9.17) is 9.47 Å². The van der Waals surface area contributed by atoms with Crippen LogP contribution in [-0.2, 0) is 16.1 Å². The minimum absolute atomic E-state index is 0.447. The van der Waals surface area contributed by atoms with Crippen molar-refractivity contribution in [1.82, 2.24) is 9.97 Å². The Bertz CT molecular complexity index is 619. The van der Waals surface area contributed by atoms with Crippen molar-refractivity contribution in [3.05, 3.63) is 53.3 Å². The molecule has 1 N–H and O–H groups in total. The molecule has 1 aromatic carbocycles. The largest absolute Gasteiger partial charge is 0.374 e. The second-order valence-corrected chi connectivity index (χ2v) is 5.95. The quantitative estimate of drug-likeness (QED) is 0.811. The number of anilines is 1. The summed E-state index contributed by atoms with van der Waals surface area (Å²) in [6.45, 7) is 7.60. The first-order chi connectivity index (χ1) is 11.0. The molecular formula is C18H25N3O2. The topological polar surface area (TPSA) is 56.3 Å². The number of rotatable bonds is 8. The molecule has 0 aliphatic heterocycles.